The highest BCUT2D eigenvalue weighted by atomic mass is 127. The molecule has 1 aromatic rings. The van der Waals surface area contributed by atoms with E-state index < -0.39 is 0 Å². The van der Waals surface area contributed by atoms with Gasteiger partial charge >= 0.3 is 0 Å². The molecule has 0 amide bonds. The van der Waals surface area contributed by atoms with E-state index in [4.69, 9.17) is 0 Å². The Bertz CT molecular complexity index is 311. The smallest absolute Gasteiger partial charge is 0.191 e. The first-order chi connectivity index (χ1) is 5.77. The lowest BCUT2D eigenvalue weighted by atomic mass is 10.1. The maximum Gasteiger partial charge on any atom is 0.191 e. The lowest BCUT2D eigenvalue weighted by Crippen LogP contribution is -2.26. The van der Waals surface area contributed by atoms with Crippen LogP contribution < -0.4 is 5.32 Å². The molecule has 0 saturated heterocycles. The molecule has 2 heterocycles. The van der Waals surface area contributed by atoms with Crippen LogP contribution in [0.4, 0.5) is 0 Å². The third-order valence-corrected chi connectivity index (χ3v) is 2.60. The van der Waals surface area contributed by atoms with E-state index >= 15 is 0 Å². The molecule has 0 radical (unpaired) electrons. The predicted octanol–water partition coefficient (Wildman–Crippen LogP) is 1.04. The van der Waals surface area contributed by atoms with Crippen LogP contribution in [0.25, 0.3) is 0 Å². The summed E-state index contributed by atoms with van der Waals surface area (Å²) in [6.07, 6.45) is 1.07. The molecule has 0 saturated carbocycles. The molecule has 4 heteroatoms. The Morgan fingerprint density at radius 3 is 3.08 bits per heavy atom. The van der Waals surface area contributed by atoms with Crippen molar-refractivity contribution in [2.24, 2.45) is 0 Å². The van der Waals surface area contributed by atoms with Crippen LogP contribution in [-0.2, 0) is 13.0 Å². The van der Waals surface area contributed by atoms with Crippen molar-refractivity contribution in [1.82, 2.24) is 15.3 Å². The second-order valence-corrected chi connectivity index (χ2v) is 3.89. The van der Waals surface area contributed by atoms with E-state index in [1.54, 1.807) is 0 Å². The summed E-state index contributed by atoms with van der Waals surface area (Å²) in [6.45, 7) is 4.01. The Kier molecular flexibility index (Phi) is 2.27. The summed E-state index contributed by atoms with van der Waals surface area (Å²) >= 11 is 2.16. The van der Waals surface area contributed by atoms with Gasteiger partial charge in [0.1, 0.15) is 0 Å². The zero-order valence-corrected chi connectivity index (χ0v) is 9.05. The maximum absolute atomic E-state index is 4.39. The second-order valence-electron chi connectivity index (χ2n) is 2.93. The number of rotatable bonds is 0. The van der Waals surface area contributed by atoms with E-state index in [1.807, 2.05) is 0 Å². The van der Waals surface area contributed by atoms with Gasteiger partial charge in [0.15, 0.2) is 3.83 Å². The number of hydrogen-bond donors (Lipinski definition) is 1. The molecule has 0 aromatic carbocycles. The number of hydrogen-bond acceptors (Lipinski definition) is 3. The van der Waals surface area contributed by atoms with Gasteiger partial charge in [-0.3, -0.25) is 0 Å². The molecule has 1 aliphatic heterocycles. The van der Waals surface area contributed by atoms with Crippen LogP contribution in [0.2, 0.25) is 0 Å². The minimum atomic E-state index is 0.854. The van der Waals surface area contributed by atoms with Crippen LogP contribution in [0.3, 0.4) is 0 Å². The topological polar surface area (TPSA) is 37.8 Å². The number of halogens is 1. The monoisotopic (exact) mass is 275 g/mol. The fourth-order valence-corrected chi connectivity index (χ4v) is 2.16. The van der Waals surface area contributed by atoms with Gasteiger partial charge in [-0.15, -0.1) is 0 Å². The van der Waals surface area contributed by atoms with Gasteiger partial charge in [0, 0.05) is 34.8 Å². The number of nitrogens with one attached hydrogen (secondary N) is 1. The molecular weight excluding hydrogens is 265 g/mol. The molecular formula is C8H10IN3. The highest BCUT2D eigenvalue weighted by molar-refractivity contribution is 14.1. The fourth-order valence-electron chi connectivity index (χ4n) is 1.51. The summed E-state index contributed by atoms with van der Waals surface area (Å²) in [6, 6.07) is 0. The SMILES string of the molecule is Cc1nc(I)nc2c1CCNC2. The first kappa shape index (κ1) is 8.37. The molecule has 0 spiro atoms. The van der Waals surface area contributed by atoms with Crippen LogP contribution in [0.5, 0.6) is 0 Å². The average molecular weight is 275 g/mol. The summed E-state index contributed by atoms with van der Waals surface area (Å²) in [7, 11) is 0. The van der Waals surface area contributed by atoms with Gasteiger partial charge in [-0.05, 0) is 25.5 Å². The zero-order valence-electron chi connectivity index (χ0n) is 6.89. The van der Waals surface area contributed by atoms with Crippen molar-refractivity contribution in [1.29, 1.82) is 0 Å². The van der Waals surface area contributed by atoms with Crippen molar-refractivity contribution in [3.8, 4) is 0 Å². The zero-order chi connectivity index (χ0) is 8.55. The van der Waals surface area contributed by atoms with Crippen molar-refractivity contribution in [3.63, 3.8) is 0 Å². The van der Waals surface area contributed by atoms with E-state index in [0.29, 0.717) is 0 Å². The van der Waals surface area contributed by atoms with Crippen molar-refractivity contribution in [3.05, 3.63) is 20.8 Å². The van der Waals surface area contributed by atoms with Crippen LogP contribution in [0.1, 0.15) is 17.0 Å². The molecule has 1 N–H and O–H groups in total. The Labute approximate surface area is 85.1 Å². The summed E-state index contributed by atoms with van der Waals surface area (Å²) in [5, 5.41) is 3.30. The van der Waals surface area contributed by atoms with E-state index in [2.05, 4.69) is 44.8 Å². The highest BCUT2D eigenvalue weighted by Gasteiger charge is 2.13. The number of fused-ring (bicyclic) bond motifs is 1. The van der Waals surface area contributed by atoms with Crippen LogP contribution >= 0.6 is 22.6 Å². The summed E-state index contributed by atoms with van der Waals surface area (Å²) in [5.74, 6) is 0. The number of aromatic nitrogens is 2. The minimum absolute atomic E-state index is 0.854. The van der Waals surface area contributed by atoms with Crippen molar-refractivity contribution >= 4 is 22.6 Å². The lowest BCUT2D eigenvalue weighted by Gasteiger charge is -2.17. The molecule has 12 heavy (non-hydrogen) atoms. The molecule has 1 aliphatic rings. The van der Waals surface area contributed by atoms with E-state index in [9.17, 15) is 0 Å². The Balaban J connectivity index is 2.53. The third kappa shape index (κ3) is 1.45. The van der Waals surface area contributed by atoms with E-state index in [-0.39, 0.29) is 0 Å². The first-order valence-electron chi connectivity index (χ1n) is 4.00. The Morgan fingerprint density at radius 2 is 2.25 bits per heavy atom. The van der Waals surface area contributed by atoms with Crippen molar-refractivity contribution in [2.75, 3.05) is 6.54 Å². The normalized spacial score (nSPS) is 15.8. The average Bonchev–Trinajstić information content (AvgIpc) is 2.04. The molecule has 0 unspecified atom stereocenters. The molecule has 0 fully saturated rings. The quantitative estimate of drug-likeness (QED) is 0.568. The molecule has 0 bridgehead atoms. The van der Waals surface area contributed by atoms with Gasteiger partial charge in [-0.2, -0.15) is 0 Å². The summed E-state index contributed by atoms with van der Waals surface area (Å²) in [4.78, 5) is 8.72. The summed E-state index contributed by atoms with van der Waals surface area (Å²) < 4.78 is 0.854. The number of aryl methyl sites for hydroxylation is 1. The van der Waals surface area contributed by atoms with Crippen molar-refractivity contribution in [2.45, 2.75) is 19.9 Å². The highest BCUT2D eigenvalue weighted by Crippen LogP contribution is 2.15. The summed E-state index contributed by atoms with van der Waals surface area (Å²) in [5.41, 5.74) is 3.67. The first-order valence-corrected chi connectivity index (χ1v) is 5.08. The van der Waals surface area contributed by atoms with Crippen LogP contribution in [-0.4, -0.2) is 16.5 Å². The lowest BCUT2D eigenvalue weighted by molar-refractivity contribution is 0.616. The Morgan fingerprint density at radius 1 is 1.42 bits per heavy atom. The predicted molar refractivity (Wildman–Crippen MR) is 54.9 cm³/mol. The Hall–Kier alpha value is -0.230. The van der Waals surface area contributed by atoms with Gasteiger partial charge in [0.05, 0.1) is 5.69 Å². The minimum Gasteiger partial charge on any atom is -0.311 e. The van der Waals surface area contributed by atoms with Gasteiger partial charge in [-0.1, -0.05) is 0 Å². The fraction of sp³-hybridized carbons (Fsp3) is 0.500. The van der Waals surface area contributed by atoms with Crippen LogP contribution in [0, 0.1) is 10.8 Å². The van der Waals surface area contributed by atoms with Crippen LogP contribution in [0.15, 0.2) is 0 Å². The van der Waals surface area contributed by atoms with E-state index in [0.717, 1.165) is 29.0 Å². The molecule has 1 aromatic heterocycles. The standard InChI is InChI=1S/C8H10IN3/c1-5-6-2-3-10-4-7(6)12-8(9)11-5/h10H,2-4H2,1H3. The van der Waals surface area contributed by atoms with Gasteiger partial charge < -0.3 is 5.32 Å². The molecule has 2 rings (SSSR count). The molecule has 0 aliphatic carbocycles. The molecule has 0 atom stereocenters. The maximum atomic E-state index is 4.39. The van der Waals surface area contributed by atoms with Gasteiger partial charge in [0.25, 0.3) is 0 Å². The van der Waals surface area contributed by atoms with Crippen molar-refractivity contribution < 1.29 is 0 Å². The van der Waals surface area contributed by atoms with Gasteiger partial charge in [0.2, 0.25) is 0 Å². The largest absolute Gasteiger partial charge is 0.311 e. The van der Waals surface area contributed by atoms with Gasteiger partial charge in [-0.25, -0.2) is 9.97 Å². The van der Waals surface area contributed by atoms with E-state index in [1.165, 1.54) is 11.3 Å². The molecule has 64 valence electrons. The third-order valence-electron chi connectivity index (χ3n) is 2.12. The number of nitrogens with zero attached hydrogens (tertiary/aromatic N) is 2. The molecule has 3 nitrogen and oxygen atoms in total. The second kappa shape index (κ2) is 3.26.